The molecule has 6 nitrogen and oxygen atoms in total. The van der Waals surface area contributed by atoms with E-state index in [9.17, 15) is 9.59 Å². The number of amides is 2. The highest BCUT2D eigenvalue weighted by atomic mass is 35.5. The minimum absolute atomic E-state index is 0.0561. The van der Waals surface area contributed by atoms with Crippen molar-refractivity contribution in [2.75, 3.05) is 36.0 Å². The predicted octanol–water partition coefficient (Wildman–Crippen LogP) is 6.35. The third kappa shape index (κ3) is 5.57. The molecule has 198 valence electrons. The van der Waals surface area contributed by atoms with Crippen molar-refractivity contribution in [3.05, 3.63) is 88.9 Å². The van der Waals surface area contributed by atoms with Gasteiger partial charge in [-0.25, -0.2) is 0 Å². The van der Waals surface area contributed by atoms with E-state index < -0.39 is 0 Å². The molecule has 0 aliphatic carbocycles. The van der Waals surface area contributed by atoms with E-state index in [1.807, 2.05) is 77.4 Å². The van der Waals surface area contributed by atoms with Gasteiger partial charge in [-0.1, -0.05) is 29.8 Å². The summed E-state index contributed by atoms with van der Waals surface area (Å²) in [5.41, 5.74) is 3.17. The number of para-hydroxylation sites is 1. The van der Waals surface area contributed by atoms with E-state index in [1.165, 1.54) is 12.8 Å². The summed E-state index contributed by atoms with van der Waals surface area (Å²) in [7, 11) is 0. The summed E-state index contributed by atoms with van der Waals surface area (Å²) in [6.45, 7) is 7.49. The van der Waals surface area contributed by atoms with Crippen LogP contribution in [0.2, 0.25) is 5.02 Å². The summed E-state index contributed by atoms with van der Waals surface area (Å²) in [6, 6.07) is 22.3. The minimum atomic E-state index is -0.199. The van der Waals surface area contributed by atoms with Crippen LogP contribution in [0.1, 0.15) is 55.1 Å². The van der Waals surface area contributed by atoms with Gasteiger partial charge in [-0.15, -0.1) is 0 Å². The van der Waals surface area contributed by atoms with Crippen molar-refractivity contribution < 1.29 is 14.3 Å². The van der Waals surface area contributed by atoms with Crippen molar-refractivity contribution in [1.29, 1.82) is 0 Å². The zero-order valence-corrected chi connectivity index (χ0v) is 22.7. The quantitative estimate of drug-likeness (QED) is 0.356. The molecule has 0 saturated carbocycles. The first-order valence-corrected chi connectivity index (χ1v) is 13.7. The fraction of sp³-hybridized carbons (Fsp3) is 0.355. The van der Waals surface area contributed by atoms with Gasteiger partial charge in [0, 0.05) is 41.5 Å². The second-order valence-electron chi connectivity index (χ2n) is 10.1. The molecule has 2 atom stereocenters. The number of benzene rings is 3. The van der Waals surface area contributed by atoms with Gasteiger partial charge < -0.3 is 14.5 Å². The Hall–Kier alpha value is -3.35. The van der Waals surface area contributed by atoms with E-state index >= 15 is 0 Å². The van der Waals surface area contributed by atoms with Gasteiger partial charge in [0.15, 0.2) is 0 Å². The highest BCUT2D eigenvalue weighted by Gasteiger charge is 2.38. The van der Waals surface area contributed by atoms with Gasteiger partial charge in [-0.05, 0) is 99.4 Å². The summed E-state index contributed by atoms with van der Waals surface area (Å²) in [6.07, 6.45) is 3.15. The molecule has 3 aromatic carbocycles. The Morgan fingerprint density at radius 3 is 2.34 bits per heavy atom. The van der Waals surface area contributed by atoms with E-state index in [4.69, 9.17) is 16.3 Å². The first kappa shape index (κ1) is 26.3. The monoisotopic (exact) mass is 531 g/mol. The molecule has 1 fully saturated rings. The van der Waals surface area contributed by atoms with Gasteiger partial charge in [0.1, 0.15) is 12.4 Å². The number of carbonyl (C=O) groups is 2. The lowest BCUT2D eigenvalue weighted by atomic mass is 9.89. The summed E-state index contributed by atoms with van der Waals surface area (Å²) in [5.74, 6) is 0.653. The van der Waals surface area contributed by atoms with E-state index in [0.29, 0.717) is 23.6 Å². The Balaban J connectivity index is 1.36. The van der Waals surface area contributed by atoms with Crippen LogP contribution in [-0.2, 0) is 4.79 Å². The van der Waals surface area contributed by atoms with Crippen LogP contribution < -0.4 is 14.5 Å². The van der Waals surface area contributed by atoms with Crippen LogP contribution >= 0.6 is 11.6 Å². The van der Waals surface area contributed by atoms with Crippen molar-refractivity contribution in [2.24, 2.45) is 0 Å². The normalized spacial score (nSPS) is 19.2. The van der Waals surface area contributed by atoms with Crippen molar-refractivity contribution in [3.8, 4) is 5.75 Å². The Bertz CT molecular complexity index is 1270. The molecule has 2 aliphatic rings. The number of fused-ring (bicyclic) bond motifs is 1. The van der Waals surface area contributed by atoms with Gasteiger partial charge in [0.05, 0.1) is 6.04 Å². The number of rotatable bonds is 7. The van der Waals surface area contributed by atoms with E-state index in [-0.39, 0.29) is 23.9 Å². The minimum Gasteiger partial charge on any atom is -0.492 e. The van der Waals surface area contributed by atoms with Crippen molar-refractivity contribution in [1.82, 2.24) is 4.90 Å². The van der Waals surface area contributed by atoms with Gasteiger partial charge in [0.25, 0.3) is 5.91 Å². The standard InChI is InChI=1S/C31H34ClN3O3/c1-22-21-30(35(23(2)36)26-13-11-25(32)12-14-26)28-7-3-4-8-29(28)34(22)31(37)24-9-15-27(16-10-24)38-20-19-33-17-5-6-18-33/h3-4,7-16,22,30H,5-6,17-21H2,1-2H3/t22-,30+/m0/s1. The summed E-state index contributed by atoms with van der Waals surface area (Å²) < 4.78 is 5.93. The maximum atomic E-state index is 13.8. The maximum Gasteiger partial charge on any atom is 0.258 e. The van der Waals surface area contributed by atoms with Crippen LogP contribution in [0.15, 0.2) is 72.8 Å². The molecular weight excluding hydrogens is 498 g/mol. The molecule has 38 heavy (non-hydrogen) atoms. The average Bonchev–Trinajstić information content (AvgIpc) is 3.43. The lowest BCUT2D eigenvalue weighted by Crippen LogP contribution is -2.47. The number of nitrogens with zero attached hydrogens (tertiary/aromatic N) is 3. The molecule has 2 aliphatic heterocycles. The van der Waals surface area contributed by atoms with Crippen molar-refractivity contribution in [3.63, 3.8) is 0 Å². The summed E-state index contributed by atoms with van der Waals surface area (Å²) in [4.78, 5) is 32.7. The van der Waals surface area contributed by atoms with Gasteiger partial charge >= 0.3 is 0 Å². The van der Waals surface area contributed by atoms with Crippen LogP contribution in [0.5, 0.6) is 5.75 Å². The third-order valence-electron chi connectivity index (χ3n) is 7.51. The number of hydrogen-bond donors (Lipinski definition) is 0. The SMILES string of the molecule is CC(=O)N(c1ccc(Cl)cc1)[C@@H]1C[C@H](C)N(C(=O)c2ccc(OCCN3CCCC3)cc2)c2ccccc21. The van der Waals surface area contributed by atoms with Crippen LogP contribution in [-0.4, -0.2) is 49.0 Å². The Labute approximate surface area is 229 Å². The molecule has 1 saturated heterocycles. The predicted molar refractivity (Wildman–Crippen MR) is 152 cm³/mol. The average molecular weight is 532 g/mol. The van der Waals surface area contributed by atoms with Crippen LogP contribution in [0, 0.1) is 0 Å². The number of anilines is 2. The summed E-state index contributed by atoms with van der Waals surface area (Å²) >= 11 is 6.10. The number of hydrogen-bond acceptors (Lipinski definition) is 4. The number of likely N-dealkylation sites (tertiary alicyclic amines) is 1. The number of carbonyl (C=O) groups excluding carboxylic acids is 2. The van der Waals surface area contributed by atoms with Crippen LogP contribution in [0.3, 0.4) is 0 Å². The molecule has 5 rings (SSSR count). The van der Waals surface area contributed by atoms with Gasteiger partial charge in [-0.3, -0.25) is 14.5 Å². The Kier molecular flexibility index (Phi) is 8.01. The third-order valence-corrected chi connectivity index (χ3v) is 7.76. The van der Waals surface area contributed by atoms with Crippen LogP contribution in [0.25, 0.3) is 0 Å². The largest absolute Gasteiger partial charge is 0.492 e. The Morgan fingerprint density at radius 1 is 0.974 bits per heavy atom. The van der Waals surface area contributed by atoms with Gasteiger partial charge in [0.2, 0.25) is 5.91 Å². The lowest BCUT2D eigenvalue weighted by Gasteiger charge is -2.43. The van der Waals surface area contributed by atoms with Crippen molar-refractivity contribution in [2.45, 2.75) is 45.2 Å². The molecule has 0 bridgehead atoms. The molecule has 2 amide bonds. The second kappa shape index (κ2) is 11.6. The maximum absolute atomic E-state index is 13.8. The topological polar surface area (TPSA) is 53.1 Å². The van der Waals surface area contributed by atoms with E-state index in [1.54, 1.807) is 19.1 Å². The molecule has 0 unspecified atom stereocenters. The van der Waals surface area contributed by atoms with E-state index in [0.717, 1.165) is 42.3 Å². The lowest BCUT2D eigenvalue weighted by molar-refractivity contribution is -0.117. The molecule has 7 heteroatoms. The molecular formula is C31H34ClN3O3. The fourth-order valence-corrected chi connectivity index (χ4v) is 5.78. The Morgan fingerprint density at radius 2 is 1.66 bits per heavy atom. The van der Waals surface area contributed by atoms with Crippen molar-refractivity contribution >= 4 is 34.8 Å². The number of halogens is 1. The second-order valence-corrected chi connectivity index (χ2v) is 10.6. The molecule has 0 N–H and O–H groups in total. The first-order chi connectivity index (χ1) is 18.4. The fourth-order valence-electron chi connectivity index (χ4n) is 5.65. The first-order valence-electron chi connectivity index (χ1n) is 13.4. The molecule has 2 heterocycles. The van der Waals surface area contributed by atoms with Gasteiger partial charge in [-0.2, -0.15) is 0 Å². The van der Waals surface area contributed by atoms with E-state index in [2.05, 4.69) is 4.90 Å². The molecule has 0 spiro atoms. The molecule has 3 aromatic rings. The molecule has 0 radical (unpaired) electrons. The smallest absolute Gasteiger partial charge is 0.258 e. The summed E-state index contributed by atoms with van der Waals surface area (Å²) in [5, 5.41) is 0.620. The zero-order chi connectivity index (χ0) is 26.6. The molecule has 0 aromatic heterocycles. The number of ether oxygens (including phenoxy) is 1. The highest BCUT2D eigenvalue weighted by molar-refractivity contribution is 6.30. The highest BCUT2D eigenvalue weighted by Crippen LogP contribution is 2.43. The van der Waals surface area contributed by atoms with Crippen LogP contribution in [0.4, 0.5) is 11.4 Å². The zero-order valence-electron chi connectivity index (χ0n) is 22.0.